The van der Waals surface area contributed by atoms with Gasteiger partial charge in [0.25, 0.3) is 0 Å². The Morgan fingerprint density at radius 2 is 1.95 bits per heavy atom. The topological polar surface area (TPSA) is 57.0 Å². The molecule has 0 radical (unpaired) electrons. The van der Waals surface area contributed by atoms with Gasteiger partial charge in [0.15, 0.2) is 5.65 Å². The molecule has 112 valence electrons. The van der Waals surface area contributed by atoms with Crippen LogP contribution in [0.3, 0.4) is 0 Å². The number of hydrogen-bond acceptors (Lipinski definition) is 4. The van der Waals surface area contributed by atoms with Crippen molar-refractivity contribution in [1.29, 1.82) is 0 Å². The lowest BCUT2D eigenvalue weighted by Crippen LogP contribution is -2.09. The molecule has 0 bridgehead atoms. The zero-order valence-electron chi connectivity index (χ0n) is 12.2. The minimum absolute atomic E-state index is 0.217. The molecule has 0 aliphatic rings. The molecule has 2 heterocycles. The van der Waals surface area contributed by atoms with Gasteiger partial charge in [-0.3, -0.25) is 0 Å². The van der Waals surface area contributed by atoms with E-state index in [0.29, 0.717) is 11.3 Å². The molecule has 0 unspecified atom stereocenters. The van der Waals surface area contributed by atoms with Crippen LogP contribution in [0.5, 0.6) is 5.75 Å². The van der Waals surface area contributed by atoms with E-state index in [1.807, 2.05) is 30.7 Å². The highest BCUT2D eigenvalue weighted by Crippen LogP contribution is 2.19. The highest BCUT2D eigenvalue weighted by molar-refractivity contribution is 14.1. The van der Waals surface area contributed by atoms with Crippen molar-refractivity contribution in [3.63, 3.8) is 0 Å². The summed E-state index contributed by atoms with van der Waals surface area (Å²) in [6.07, 6.45) is 3.24. The van der Waals surface area contributed by atoms with Gasteiger partial charge < -0.3 is 4.74 Å². The van der Waals surface area contributed by atoms with Crippen molar-refractivity contribution in [1.82, 2.24) is 14.8 Å². The third-order valence-corrected chi connectivity index (χ3v) is 3.90. The van der Waals surface area contributed by atoms with Gasteiger partial charge in [-0.1, -0.05) is 0 Å². The van der Waals surface area contributed by atoms with E-state index in [0.717, 1.165) is 14.6 Å². The summed E-state index contributed by atoms with van der Waals surface area (Å²) in [5.41, 5.74) is 1.18. The fourth-order valence-electron chi connectivity index (χ4n) is 2.10. The Morgan fingerprint density at radius 3 is 2.64 bits per heavy atom. The predicted octanol–water partition coefficient (Wildman–Crippen LogP) is 3.84. The van der Waals surface area contributed by atoms with Gasteiger partial charge in [-0.25, -0.2) is 14.5 Å². The Labute approximate surface area is 141 Å². The van der Waals surface area contributed by atoms with Crippen molar-refractivity contribution in [2.45, 2.75) is 19.9 Å². The summed E-state index contributed by atoms with van der Waals surface area (Å²) in [5.74, 6) is 0.0938. The van der Waals surface area contributed by atoms with E-state index < -0.39 is 5.97 Å². The van der Waals surface area contributed by atoms with Crippen LogP contribution in [0, 0.1) is 3.57 Å². The molecule has 0 spiro atoms. The standard InChI is InChI=1S/C16H14IN3O2/c1-10(2)20-15-11(9-19-20)7-12(8-18-15)16(21)22-14-5-3-13(17)4-6-14/h3-10H,1-2H3. The first-order chi connectivity index (χ1) is 10.5. The number of carbonyl (C=O) groups is 1. The van der Waals surface area contributed by atoms with Crippen LogP contribution in [-0.4, -0.2) is 20.7 Å². The Bertz CT molecular complexity index is 825. The average Bonchev–Trinajstić information content (AvgIpc) is 2.92. The molecule has 3 rings (SSSR count). The van der Waals surface area contributed by atoms with Gasteiger partial charge in [0.2, 0.25) is 0 Å². The molecule has 1 aromatic carbocycles. The lowest BCUT2D eigenvalue weighted by molar-refractivity contribution is 0.0734. The monoisotopic (exact) mass is 407 g/mol. The first kappa shape index (κ1) is 15.0. The van der Waals surface area contributed by atoms with Crippen LogP contribution in [0.4, 0.5) is 0 Å². The van der Waals surface area contributed by atoms with E-state index in [4.69, 9.17) is 4.74 Å². The van der Waals surface area contributed by atoms with Crippen molar-refractivity contribution in [2.24, 2.45) is 0 Å². The largest absolute Gasteiger partial charge is 0.423 e. The van der Waals surface area contributed by atoms with Gasteiger partial charge in [0.05, 0.1) is 11.8 Å². The van der Waals surface area contributed by atoms with Crippen LogP contribution in [0.25, 0.3) is 11.0 Å². The van der Waals surface area contributed by atoms with Crippen LogP contribution >= 0.6 is 22.6 Å². The second-order valence-electron chi connectivity index (χ2n) is 5.16. The number of halogens is 1. The molecule has 5 nitrogen and oxygen atoms in total. The van der Waals surface area contributed by atoms with Gasteiger partial charge in [-0.2, -0.15) is 5.10 Å². The van der Waals surface area contributed by atoms with E-state index in [1.54, 1.807) is 24.4 Å². The SMILES string of the molecule is CC(C)n1ncc2cc(C(=O)Oc3ccc(I)cc3)cnc21. The normalized spacial score (nSPS) is 11.1. The van der Waals surface area contributed by atoms with Gasteiger partial charge >= 0.3 is 5.97 Å². The molecule has 6 heteroatoms. The maximum Gasteiger partial charge on any atom is 0.345 e. The van der Waals surface area contributed by atoms with Crippen LogP contribution in [0.1, 0.15) is 30.2 Å². The molecular formula is C16H14IN3O2. The molecule has 3 aromatic rings. The summed E-state index contributed by atoms with van der Waals surface area (Å²) in [6.45, 7) is 4.07. The van der Waals surface area contributed by atoms with Crippen LogP contribution < -0.4 is 4.74 Å². The molecule has 0 saturated carbocycles. The minimum atomic E-state index is -0.423. The maximum absolute atomic E-state index is 12.2. The molecule has 2 aromatic heterocycles. The highest BCUT2D eigenvalue weighted by atomic mass is 127. The molecule has 0 aliphatic carbocycles. The lowest BCUT2D eigenvalue weighted by Gasteiger charge is -2.07. The number of ether oxygens (including phenoxy) is 1. The number of nitrogens with zero attached hydrogens (tertiary/aromatic N) is 3. The summed E-state index contributed by atoms with van der Waals surface area (Å²) in [5, 5.41) is 5.11. The van der Waals surface area contributed by atoms with Gasteiger partial charge in [-0.15, -0.1) is 0 Å². The second-order valence-corrected chi connectivity index (χ2v) is 6.41. The third-order valence-electron chi connectivity index (χ3n) is 3.18. The van der Waals surface area contributed by atoms with E-state index in [-0.39, 0.29) is 6.04 Å². The van der Waals surface area contributed by atoms with Crippen molar-refractivity contribution in [2.75, 3.05) is 0 Å². The molecule has 0 amide bonds. The minimum Gasteiger partial charge on any atom is -0.423 e. The van der Waals surface area contributed by atoms with Crippen LogP contribution in [0.15, 0.2) is 42.7 Å². The smallest absolute Gasteiger partial charge is 0.345 e. The van der Waals surface area contributed by atoms with Gasteiger partial charge in [-0.05, 0) is 66.8 Å². The molecule has 0 fully saturated rings. The summed E-state index contributed by atoms with van der Waals surface area (Å²) >= 11 is 2.20. The van der Waals surface area contributed by atoms with Crippen LogP contribution in [-0.2, 0) is 0 Å². The quantitative estimate of drug-likeness (QED) is 0.376. The van der Waals surface area contributed by atoms with Crippen molar-refractivity contribution in [3.8, 4) is 5.75 Å². The maximum atomic E-state index is 12.2. The van der Waals surface area contributed by atoms with Gasteiger partial charge in [0, 0.05) is 21.2 Å². The second kappa shape index (κ2) is 6.04. The van der Waals surface area contributed by atoms with Gasteiger partial charge in [0.1, 0.15) is 5.75 Å². The summed E-state index contributed by atoms with van der Waals surface area (Å²) in [6, 6.07) is 9.28. The number of esters is 1. The molecule has 22 heavy (non-hydrogen) atoms. The number of fused-ring (bicyclic) bond motifs is 1. The number of aromatic nitrogens is 3. The molecular weight excluding hydrogens is 393 g/mol. The number of carbonyl (C=O) groups excluding carboxylic acids is 1. The molecule has 0 atom stereocenters. The Morgan fingerprint density at radius 1 is 1.23 bits per heavy atom. The number of rotatable bonds is 3. The number of benzene rings is 1. The Balaban J connectivity index is 1.86. The molecule has 0 saturated heterocycles. The summed E-state index contributed by atoms with van der Waals surface area (Å²) in [4.78, 5) is 16.5. The van der Waals surface area contributed by atoms with Crippen molar-refractivity contribution < 1.29 is 9.53 Å². The highest BCUT2D eigenvalue weighted by Gasteiger charge is 2.13. The molecule has 0 aliphatic heterocycles. The van der Waals surface area contributed by atoms with Crippen molar-refractivity contribution in [3.05, 3.63) is 51.9 Å². The predicted molar refractivity (Wildman–Crippen MR) is 92.0 cm³/mol. The summed E-state index contributed by atoms with van der Waals surface area (Å²) < 4.78 is 8.26. The fourth-order valence-corrected chi connectivity index (χ4v) is 2.46. The van der Waals surface area contributed by atoms with E-state index in [2.05, 4.69) is 32.7 Å². The fraction of sp³-hybridized carbons (Fsp3) is 0.188. The van der Waals surface area contributed by atoms with Crippen molar-refractivity contribution >= 4 is 39.6 Å². The zero-order chi connectivity index (χ0) is 15.7. The van der Waals surface area contributed by atoms with E-state index >= 15 is 0 Å². The van der Waals surface area contributed by atoms with E-state index in [9.17, 15) is 4.79 Å². The zero-order valence-corrected chi connectivity index (χ0v) is 14.3. The third kappa shape index (κ3) is 2.96. The summed E-state index contributed by atoms with van der Waals surface area (Å²) in [7, 11) is 0. The first-order valence-corrected chi connectivity index (χ1v) is 7.93. The number of pyridine rings is 1. The van der Waals surface area contributed by atoms with E-state index in [1.165, 1.54) is 6.20 Å². The first-order valence-electron chi connectivity index (χ1n) is 6.85. The number of hydrogen-bond donors (Lipinski definition) is 0. The molecule has 0 N–H and O–H groups in total. The average molecular weight is 407 g/mol. The lowest BCUT2D eigenvalue weighted by atomic mass is 10.2. The van der Waals surface area contributed by atoms with Crippen LogP contribution in [0.2, 0.25) is 0 Å². The Kier molecular flexibility index (Phi) is 4.10. The Hall–Kier alpha value is -1.96.